The van der Waals surface area contributed by atoms with Crippen LogP contribution in [-0.4, -0.2) is 18.4 Å². The molecule has 2 N–H and O–H groups in total. The lowest BCUT2D eigenvalue weighted by Crippen LogP contribution is -2.48. The first kappa shape index (κ1) is 14.1. The van der Waals surface area contributed by atoms with Crippen molar-refractivity contribution in [1.29, 1.82) is 0 Å². The van der Waals surface area contributed by atoms with Gasteiger partial charge in [0.1, 0.15) is 5.54 Å². The minimum Gasteiger partial charge on any atom is -0.454 e. The van der Waals surface area contributed by atoms with Crippen molar-refractivity contribution in [3.63, 3.8) is 0 Å². The highest BCUT2D eigenvalue weighted by Crippen LogP contribution is 2.34. The Bertz CT molecular complexity index is 545. The summed E-state index contributed by atoms with van der Waals surface area (Å²) in [6.07, 6.45) is 6.87. The molecule has 0 bridgehead atoms. The van der Waals surface area contributed by atoms with Gasteiger partial charge in [-0.05, 0) is 25.0 Å². The standard InChI is InChI=1S/C15H18N2O3/c1-4-15(5-2,6-3)17-14(18)16-11-7-8-12-13(9-11)20-10-19-12/h1,7-9H,5-6,10H2,2-3H3,(H2,16,17,18). The van der Waals surface area contributed by atoms with E-state index in [1.807, 2.05) is 13.8 Å². The van der Waals surface area contributed by atoms with E-state index in [2.05, 4.69) is 16.6 Å². The van der Waals surface area contributed by atoms with Gasteiger partial charge in [0, 0.05) is 11.8 Å². The average Bonchev–Trinajstić information content (AvgIpc) is 2.92. The minimum absolute atomic E-state index is 0.205. The summed E-state index contributed by atoms with van der Waals surface area (Å²) in [5.74, 6) is 3.96. The maximum atomic E-state index is 12.0. The first-order valence-corrected chi connectivity index (χ1v) is 6.59. The van der Waals surface area contributed by atoms with Crippen molar-refractivity contribution in [2.24, 2.45) is 0 Å². The number of carbonyl (C=O) groups is 1. The first-order valence-electron chi connectivity index (χ1n) is 6.59. The Morgan fingerprint density at radius 2 is 2.05 bits per heavy atom. The summed E-state index contributed by atoms with van der Waals surface area (Å²) in [5, 5.41) is 5.59. The van der Waals surface area contributed by atoms with Crippen molar-refractivity contribution < 1.29 is 14.3 Å². The number of benzene rings is 1. The number of urea groups is 1. The van der Waals surface area contributed by atoms with Gasteiger partial charge in [0.05, 0.1) is 0 Å². The van der Waals surface area contributed by atoms with Gasteiger partial charge in [-0.1, -0.05) is 19.8 Å². The molecule has 1 aromatic rings. The molecule has 0 fully saturated rings. The third kappa shape index (κ3) is 2.80. The van der Waals surface area contributed by atoms with Crippen LogP contribution in [-0.2, 0) is 0 Å². The van der Waals surface area contributed by atoms with Crippen LogP contribution in [0.3, 0.4) is 0 Å². The molecule has 2 amide bonds. The summed E-state index contributed by atoms with van der Waals surface area (Å²) in [6, 6.07) is 4.90. The number of amides is 2. The van der Waals surface area contributed by atoms with Gasteiger partial charge in [0.2, 0.25) is 6.79 Å². The molecule has 0 saturated carbocycles. The Labute approximate surface area is 118 Å². The molecule has 0 aliphatic carbocycles. The lowest BCUT2D eigenvalue weighted by atomic mass is 9.94. The lowest BCUT2D eigenvalue weighted by molar-refractivity contribution is 0.174. The minimum atomic E-state index is -0.611. The van der Waals surface area contributed by atoms with Gasteiger partial charge in [0.15, 0.2) is 11.5 Å². The Kier molecular flexibility index (Phi) is 4.04. The number of rotatable bonds is 4. The van der Waals surface area contributed by atoms with Crippen molar-refractivity contribution in [3.05, 3.63) is 18.2 Å². The van der Waals surface area contributed by atoms with Crippen LogP contribution in [0.4, 0.5) is 10.5 Å². The molecule has 1 heterocycles. The summed E-state index contributed by atoms with van der Waals surface area (Å²) in [4.78, 5) is 12.0. The van der Waals surface area contributed by atoms with Crippen LogP contribution < -0.4 is 20.1 Å². The van der Waals surface area contributed by atoms with Crippen molar-refractivity contribution in [2.75, 3.05) is 12.1 Å². The molecule has 0 aromatic heterocycles. The van der Waals surface area contributed by atoms with Crippen molar-refractivity contribution >= 4 is 11.7 Å². The second kappa shape index (κ2) is 5.74. The molecule has 20 heavy (non-hydrogen) atoms. The van der Waals surface area contributed by atoms with Gasteiger partial charge in [-0.2, -0.15) is 0 Å². The van der Waals surface area contributed by atoms with Crippen LogP contribution in [0.25, 0.3) is 0 Å². The Morgan fingerprint density at radius 3 is 2.70 bits per heavy atom. The smallest absolute Gasteiger partial charge is 0.320 e. The summed E-state index contributed by atoms with van der Waals surface area (Å²) < 4.78 is 10.5. The summed E-state index contributed by atoms with van der Waals surface area (Å²) in [6.45, 7) is 4.10. The second-order valence-corrected chi connectivity index (χ2v) is 4.58. The highest BCUT2D eigenvalue weighted by molar-refractivity contribution is 5.90. The van der Waals surface area contributed by atoms with Crippen LogP contribution in [0.2, 0.25) is 0 Å². The molecular weight excluding hydrogens is 256 g/mol. The van der Waals surface area contributed by atoms with Crippen LogP contribution in [0.1, 0.15) is 26.7 Å². The van der Waals surface area contributed by atoms with Crippen LogP contribution in [0.5, 0.6) is 11.5 Å². The molecule has 0 radical (unpaired) electrons. The Balaban J connectivity index is 2.03. The molecule has 2 rings (SSSR count). The largest absolute Gasteiger partial charge is 0.454 e. The topological polar surface area (TPSA) is 59.6 Å². The van der Waals surface area contributed by atoms with E-state index in [0.29, 0.717) is 30.0 Å². The summed E-state index contributed by atoms with van der Waals surface area (Å²) in [5.41, 5.74) is 0.0188. The van der Waals surface area contributed by atoms with E-state index in [-0.39, 0.29) is 12.8 Å². The van der Waals surface area contributed by atoms with E-state index in [9.17, 15) is 4.79 Å². The highest BCUT2D eigenvalue weighted by atomic mass is 16.7. The lowest BCUT2D eigenvalue weighted by Gasteiger charge is -2.27. The molecule has 0 saturated heterocycles. The van der Waals surface area contributed by atoms with Gasteiger partial charge in [0.25, 0.3) is 0 Å². The van der Waals surface area contributed by atoms with E-state index < -0.39 is 5.54 Å². The molecule has 0 spiro atoms. The predicted octanol–water partition coefficient (Wildman–Crippen LogP) is 2.73. The number of terminal acetylenes is 1. The first-order chi connectivity index (χ1) is 9.62. The second-order valence-electron chi connectivity index (χ2n) is 4.58. The molecule has 5 nitrogen and oxygen atoms in total. The summed E-state index contributed by atoms with van der Waals surface area (Å²) in [7, 11) is 0. The highest BCUT2D eigenvalue weighted by Gasteiger charge is 2.25. The van der Waals surface area contributed by atoms with Gasteiger partial charge >= 0.3 is 6.03 Å². The van der Waals surface area contributed by atoms with E-state index in [1.54, 1.807) is 18.2 Å². The average molecular weight is 274 g/mol. The third-order valence-electron chi connectivity index (χ3n) is 3.47. The Morgan fingerprint density at radius 1 is 1.35 bits per heavy atom. The number of fused-ring (bicyclic) bond motifs is 1. The van der Waals surface area contributed by atoms with E-state index in [0.717, 1.165) is 0 Å². The van der Waals surface area contributed by atoms with Crippen molar-refractivity contribution in [1.82, 2.24) is 5.32 Å². The van der Waals surface area contributed by atoms with E-state index >= 15 is 0 Å². The van der Waals surface area contributed by atoms with Gasteiger partial charge in [-0.25, -0.2) is 4.79 Å². The normalized spacial score (nSPS) is 12.7. The fraction of sp³-hybridized carbons (Fsp3) is 0.400. The van der Waals surface area contributed by atoms with Crippen molar-refractivity contribution in [3.8, 4) is 23.8 Å². The van der Waals surface area contributed by atoms with Crippen LogP contribution in [0, 0.1) is 12.3 Å². The zero-order valence-corrected chi connectivity index (χ0v) is 11.7. The number of hydrogen-bond acceptors (Lipinski definition) is 3. The zero-order valence-electron chi connectivity index (χ0n) is 11.7. The van der Waals surface area contributed by atoms with Crippen molar-refractivity contribution in [2.45, 2.75) is 32.2 Å². The van der Waals surface area contributed by atoms with Crippen LogP contribution in [0.15, 0.2) is 18.2 Å². The number of carbonyl (C=O) groups excluding carboxylic acids is 1. The van der Waals surface area contributed by atoms with E-state index in [1.165, 1.54) is 0 Å². The van der Waals surface area contributed by atoms with Gasteiger partial charge in [-0.3, -0.25) is 0 Å². The Hall–Kier alpha value is -2.35. The maximum Gasteiger partial charge on any atom is 0.320 e. The summed E-state index contributed by atoms with van der Waals surface area (Å²) >= 11 is 0. The number of nitrogens with one attached hydrogen (secondary N) is 2. The molecule has 1 aliphatic rings. The number of anilines is 1. The molecule has 1 aromatic carbocycles. The fourth-order valence-electron chi connectivity index (χ4n) is 2.02. The van der Waals surface area contributed by atoms with Gasteiger partial charge in [-0.15, -0.1) is 6.42 Å². The molecule has 1 aliphatic heterocycles. The van der Waals surface area contributed by atoms with Gasteiger partial charge < -0.3 is 20.1 Å². The quantitative estimate of drug-likeness (QED) is 0.830. The number of ether oxygens (including phenoxy) is 2. The molecule has 106 valence electrons. The maximum absolute atomic E-state index is 12.0. The van der Waals surface area contributed by atoms with E-state index in [4.69, 9.17) is 15.9 Å². The molecule has 0 unspecified atom stereocenters. The zero-order chi connectivity index (χ0) is 14.6. The molecular formula is C15H18N2O3. The third-order valence-corrected chi connectivity index (χ3v) is 3.47. The molecule has 5 heteroatoms. The van der Waals surface area contributed by atoms with Crippen LogP contribution >= 0.6 is 0 Å². The molecule has 0 atom stereocenters. The predicted molar refractivity (Wildman–Crippen MR) is 76.9 cm³/mol. The number of hydrogen-bond donors (Lipinski definition) is 2. The SMILES string of the molecule is C#CC(CC)(CC)NC(=O)Nc1ccc2c(c1)OCO2. The fourth-order valence-corrected chi connectivity index (χ4v) is 2.02. The monoisotopic (exact) mass is 274 g/mol.